The number of amides is 4. The minimum atomic E-state index is -4.85. The van der Waals surface area contributed by atoms with Gasteiger partial charge >= 0.3 is 12.2 Å². The van der Waals surface area contributed by atoms with Gasteiger partial charge in [-0.25, -0.2) is 19.9 Å². The van der Waals surface area contributed by atoms with Crippen LogP contribution >= 0.6 is 11.6 Å². The van der Waals surface area contributed by atoms with E-state index in [1.807, 2.05) is 0 Å². The number of aryl methyl sites for hydroxylation is 1. The number of hydrogen-bond donors (Lipinski definition) is 3. The van der Waals surface area contributed by atoms with Crippen LogP contribution in [0.15, 0.2) is 42.6 Å². The summed E-state index contributed by atoms with van der Waals surface area (Å²) < 4.78 is 40.7. The zero-order valence-electron chi connectivity index (χ0n) is 18.6. The van der Waals surface area contributed by atoms with Gasteiger partial charge in [-0.15, -0.1) is 0 Å². The summed E-state index contributed by atoms with van der Waals surface area (Å²) >= 11 is 6.06. The van der Waals surface area contributed by atoms with Crippen molar-refractivity contribution in [1.29, 1.82) is 0 Å². The van der Waals surface area contributed by atoms with Gasteiger partial charge in [0.2, 0.25) is 0 Å². The standard InChI is InChI=1S/C21H19ClF3N7O3/c1-11-6-7-14(12(9-11)18(33)28-29-20(35)31(2)3)27-19(34)15-10-16(21(23,24)25)30-32(15)17-13(22)5-4-8-26-17/h4-10H,1-3H3,(H,27,34)(H,28,33)(H,29,35). The maximum atomic E-state index is 13.4. The van der Waals surface area contributed by atoms with Gasteiger partial charge in [0, 0.05) is 26.4 Å². The molecular formula is C21H19ClF3N7O3. The number of nitrogens with zero attached hydrogens (tertiary/aromatic N) is 4. The number of benzene rings is 1. The average molecular weight is 510 g/mol. The number of carbonyl (C=O) groups is 3. The number of halogens is 4. The third kappa shape index (κ3) is 5.87. The molecule has 1 aromatic carbocycles. The van der Waals surface area contributed by atoms with E-state index in [1.54, 1.807) is 13.0 Å². The van der Waals surface area contributed by atoms with Crippen molar-refractivity contribution in [1.82, 2.24) is 30.5 Å². The Morgan fingerprint density at radius 1 is 1.06 bits per heavy atom. The topological polar surface area (TPSA) is 121 Å². The first-order valence-electron chi connectivity index (χ1n) is 9.86. The van der Waals surface area contributed by atoms with Gasteiger partial charge in [-0.05, 0) is 31.2 Å². The van der Waals surface area contributed by atoms with Crippen molar-refractivity contribution in [3.8, 4) is 5.82 Å². The summed E-state index contributed by atoms with van der Waals surface area (Å²) in [6.45, 7) is 1.69. The van der Waals surface area contributed by atoms with Gasteiger partial charge < -0.3 is 10.2 Å². The Morgan fingerprint density at radius 3 is 2.40 bits per heavy atom. The number of carbonyl (C=O) groups excluding carboxylic acids is 3. The van der Waals surface area contributed by atoms with Crippen LogP contribution in [0.1, 0.15) is 32.1 Å². The molecule has 35 heavy (non-hydrogen) atoms. The number of hydrogen-bond acceptors (Lipinski definition) is 5. The van der Waals surface area contributed by atoms with Gasteiger partial charge in [-0.1, -0.05) is 23.2 Å². The van der Waals surface area contributed by atoms with Crippen LogP contribution in [0, 0.1) is 6.92 Å². The van der Waals surface area contributed by atoms with Crippen LogP contribution in [0.5, 0.6) is 0 Å². The minimum absolute atomic E-state index is 0.0226. The van der Waals surface area contributed by atoms with Crippen LogP contribution in [0.4, 0.5) is 23.7 Å². The molecular weight excluding hydrogens is 491 g/mol. The van der Waals surface area contributed by atoms with E-state index in [0.29, 0.717) is 16.3 Å². The quantitative estimate of drug-likeness (QED) is 0.465. The highest BCUT2D eigenvalue weighted by atomic mass is 35.5. The van der Waals surface area contributed by atoms with Gasteiger partial charge in [0.05, 0.1) is 16.3 Å². The third-order valence-corrected chi connectivity index (χ3v) is 4.82. The van der Waals surface area contributed by atoms with Crippen molar-refractivity contribution in [2.24, 2.45) is 0 Å². The van der Waals surface area contributed by atoms with Crippen molar-refractivity contribution < 1.29 is 27.6 Å². The van der Waals surface area contributed by atoms with Gasteiger partial charge in [0.25, 0.3) is 11.8 Å². The Balaban J connectivity index is 1.97. The smallest absolute Gasteiger partial charge is 0.330 e. The molecule has 0 spiro atoms. The van der Waals surface area contributed by atoms with E-state index >= 15 is 0 Å². The first kappa shape index (κ1) is 25.5. The van der Waals surface area contributed by atoms with E-state index < -0.39 is 35.4 Å². The number of anilines is 1. The molecule has 0 aliphatic carbocycles. The molecule has 0 aliphatic heterocycles. The predicted molar refractivity (Wildman–Crippen MR) is 120 cm³/mol. The SMILES string of the molecule is Cc1ccc(NC(=O)c2cc(C(F)(F)F)nn2-c2ncccc2Cl)c(C(=O)NNC(=O)N(C)C)c1. The fourth-order valence-corrected chi connectivity index (χ4v) is 3.01. The maximum absolute atomic E-state index is 13.4. The number of hydrazine groups is 1. The largest absolute Gasteiger partial charge is 0.435 e. The highest BCUT2D eigenvalue weighted by molar-refractivity contribution is 6.32. The normalized spacial score (nSPS) is 11.1. The maximum Gasteiger partial charge on any atom is 0.435 e. The van der Waals surface area contributed by atoms with Crippen molar-refractivity contribution in [2.75, 3.05) is 19.4 Å². The molecule has 0 unspecified atom stereocenters. The van der Waals surface area contributed by atoms with E-state index in [-0.39, 0.29) is 22.1 Å². The fraction of sp³-hybridized carbons (Fsp3) is 0.190. The molecule has 0 saturated heterocycles. The fourth-order valence-electron chi connectivity index (χ4n) is 2.81. The summed E-state index contributed by atoms with van der Waals surface area (Å²) in [6.07, 6.45) is -3.57. The molecule has 184 valence electrons. The number of alkyl halides is 3. The second-order valence-electron chi connectivity index (χ2n) is 7.42. The Kier molecular flexibility index (Phi) is 7.29. The predicted octanol–water partition coefficient (Wildman–Crippen LogP) is 3.42. The lowest BCUT2D eigenvalue weighted by Gasteiger charge is -2.15. The van der Waals surface area contributed by atoms with Gasteiger partial charge in [0.1, 0.15) is 5.69 Å². The molecule has 0 atom stereocenters. The summed E-state index contributed by atoms with van der Waals surface area (Å²) in [5.74, 6) is -1.97. The lowest BCUT2D eigenvalue weighted by atomic mass is 10.1. The lowest BCUT2D eigenvalue weighted by Crippen LogP contribution is -2.46. The molecule has 0 radical (unpaired) electrons. The van der Waals surface area contributed by atoms with E-state index in [0.717, 1.165) is 0 Å². The monoisotopic (exact) mass is 509 g/mol. The van der Waals surface area contributed by atoms with E-state index in [4.69, 9.17) is 11.6 Å². The third-order valence-electron chi connectivity index (χ3n) is 4.53. The van der Waals surface area contributed by atoms with Crippen LogP contribution in [0.3, 0.4) is 0 Å². The van der Waals surface area contributed by atoms with Crippen molar-refractivity contribution in [2.45, 2.75) is 13.1 Å². The number of pyridine rings is 1. The molecule has 14 heteroatoms. The molecule has 4 amide bonds. The molecule has 0 saturated carbocycles. The summed E-state index contributed by atoms with van der Waals surface area (Å²) in [6, 6.07) is 7.20. The van der Waals surface area contributed by atoms with Gasteiger partial charge in [-0.3, -0.25) is 15.0 Å². The van der Waals surface area contributed by atoms with Crippen LogP contribution in [0.2, 0.25) is 5.02 Å². The average Bonchev–Trinajstić information content (AvgIpc) is 3.24. The second-order valence-corrected chi connectivity index (χ2v) is 7.82. The highest BCUT2D eigenvalue weighted by Gasteiger charge is 2.36. The number of rotatable bonds is 4. The highest BCUT2D eigenvalue weighted by Crippen LogP contribution is 2.31. The van der Waals surface area contributed by atoms with Crippen molar-refractivity contribution >= 4 is 35.1 Å². The zero-order chi connectivity index (χ0) is 25.9. The molecule has 0 aliphatic rings. The molecule has 0 fully saturated rings. The van der Waals surface area contributed by atoms with E-state index in [9.17, 15) is 27.6 Å². The number of aromatic nitrogens is 3. The number of nitrogens with one attached hydrogen (secondary N) is 3. The van der Waals surface area contributed by atoms with Crippen molar-refractivity contribution in [3.05, 3.63) is 70.1 Å². The molecule has 3 rings (SSSR count). The summed E-state index contributed by atoms with van der Waals surface area (Å²) in [5.41, 5.74) is 3.11. The van der Waals surface area contributed by atoms with E-state index in [2.05, 4.69) is 26.3 Å². The summed E-state index contributed by atoms with van der Waals surface area (Å²) in [5, 5.41) is 5.85. The van der Waals surface area contributed by atoms with E-state index in [1.165, 1.54) is 49.5 Å². The Labute approximate surface area is 202 Å². The van der Waals surface area contributed by atoms with Crippen LogP contribution in [-0.4, -0.2) is 51.6 Å². The number of urea groups is 1. The molecule has 10 nitrogen and oxygen atoms in total. The molecule has 3 aromatic rings. The van der Waals surface area contributed by atoms with Crippen molar-refractivity contribution in [3.63, 3.8) is 0 Å². The Morgan fingerprint density at radius 2 is 1.77 bits per heavy atom. The lowest BCUT2D eigenvalue weighted by molar-refractivity contribution is -0.141. The molecule has 3 N–H and O–H groups in total. The molecule has 0 bridgehead atoms. The molecule has 2 aromatic heterocycles. The van der Waals surface area contributed by atoms with Crippen LogP contribution in [-0.2, 0) is 6.18 Å². The Bertz CT molecular complexity index is 1290. The van der Waals surface area contributed by atoms with Gasteiger partial charge in [-0.2, -0.15) is 18.3 Å². The zero-order valence-corrected chi connectivity index (χ0v) is 19.3. The minimum Gasteiger partial charge on any atom is -0.330 e. The summed E-state index contributed by atoms with van der Waals surface area (Å²) in [4.78, 5) is 42.5. The first-order chi connectivity index (χ1) is 16.4. The first-order valence-corrected chi connectivity index (χ1v) is 10.2. The van der Waals surface area contributed by atoms with Gasteiger partial charge in [0.15, 0.2) is 11.5 Å². The van der Waals surface area contributed by atoms with Crippen LogP contribution in [0.25, 0.3) is 5.82 Å². The molecule has 2 heterocycles. The van der Waals surface area contributed by atoms with Crippen LogP contribution < -0.4 is 16.2 Å². The Hall–Kier alpha value is -4.13. The second kappa shape index (κ2) is 10.0. The summed E-state index contributed by atoms with van der Waals surface area (Å²) in [7, 11) is 2.93.